The monoisotopic (exact) mass is 432 g/mol. The van der Waals surface area contributed by atoms with Crippen molar-refractivity contribution in [1.82, 2.24) is 15.5 Å². The number of fused-ring (bicyclic) bond motifs is 1. The quantitative estimate of drug-likeness (QED) is 0.653. The number of nitrogens with two attached hydrogens (primary N) is 1. The molecule has 0 aromatic heterocycles. The highest BCUT2D eigenvalue weighted by molar-refractivity contribution is 5.85. The number of rotatable bonds is 6. The lowest BCUT2D eigenvalue weighted by molar-refractivity contribution is -0.127. The van der Waals surface area contributed by atoms with Gasteiger partial charge >= 0.3 is 6.03 Å². The van der Waals surface area contributed by atoms with Gasteiger partial charge in [0.05, 0.1) is 12.0 Å². The second-order valence-electron chi connectivity index (χ2n) is 8.27. The molecule has 0 bridgehead atoms. The van der Waals surface area contributed by atoms with E-state index >= 15 is 0 Å². The maximum Gasteiger partial charge on any atom is 0.317 e. The zero-order valence-corrected chi connectivity index (χ0v) is 18.6. The predicted molar refractivity (Wildman–Crippen MR) is 124 cm³/mol. The van der Waals surface area contributed by atoms with Crippen molar-refractivity contribution in [3.63, 3.8) is 0 Å². The van der Waals surface area contributed by atoms with Gasteiger partial charge in [-0.25, -0.2) is 4.79 Å². The lowest BCUT2D eigenvalue weighted by Gasteiger charge is -2.33. The molecular formula is C23H33ClN4O2. The van der Waals surface area contributed by atoms with E-state index in [1.807, 2.05) is 18.2 Å². The average molecular weight is 433 g/mol. The number of nitrogens with zero attached hydrogens (tertiary/aromatic N) is 1. The van der Waals surface area contributed by atoms with Gasteiger partial charge in [0.15, 0.2) is 0 Å². The Kier molecular flexibility index (Phi) is 8.93. The van der Waals surface area contributed by atoms with Crippen molar-refractivity contribution in [3.05, 3.63) is 48.0 Å². The van der Waals surface area contributed by atoms with E-state index in [1.165, 1.54) is 0 Å². The molecule has 0 spiro atoms. The largest absolute Gasteiger partial charge is 0.348 e. The fourth-order valence-electron chi connectivity index (χ4n) is 3.77. The van der Waals surface area contributed by atoms with E-state index in [9.17, 15) is 9.59 Å². The molecule has 1 saturated heterocycles. The third-order valence-electron chi connectivity index (χ3n) is 5.47. The lowest BCUT2D eigenvalue weighted by atomic mass is 9.96. The first-order chi connectivity index (χ1) is 14.0. The van der Waals surface area contributed by atoms with Crippen LogP contribution in [0.5, 0.6) is 0 Å². The molecule has 2 aromatic carbocycles. The van der Waals surface area contributed by atoms with Crippen molar-refractivity contribution in [1.29, 1.82) is 0 Å². The van der Waals surface area contributed by atoms with Crippen molar-refractivity contribution >= 4 is 35.1 Å². The average Bonchev–Trinajstić information content (AvgIpc) is 2.75. The minimum Gasteiger partial charge on any atom is -0.348 e. The first-order valence-corrected chi connectivity index (χ1v) is 10.5. The number of hydrogen-bond acceptors (Lipinski definition) is 3. The summed E-state index contributed by atoms with van der Waals surface area (Å²) < 4.78 is 0. The molecule has 164 valence electrons. The molecule has 7 heteroatoms. The molecule has 2 unspecified atom stereocenters. The van der Waals surface area contributed by atoms with E-state index in [4.69, 9.17) is 5.73 Å². The highest BCUT2D eigenvalue weighted by atomic mass is 35.5. The van der Waals surface area contributed by atoms with Gasteiger partial charge in [-0.05, 0) is 41.2 Å². The summed E-state index contributed by atoms with van der Waals surface area (Å²) in [6.07, 6.45) is 1.62. The van der Waals surface area contributed by atoms with Gasteiger partial charge in [-0.1, -0.05) is 50.2 Å². The number of amides is 3. The third kappa shape index (κ3) is 6.09. The molecule has 1 aliphatic heterocycles. The summed E-state index contributed by atoms with van der Waals surface area (Å²) in [5.74, 6) is 0.160. The Bertz CT molecular complexity index is 858. The zero-order valence-electron chi connectivity index (χ0n) is 17.8. The number of urea groups is 1. The Balaban J connectivity index is 0.00000320. The van der Waals surface area contributed by atoms with E-state index in [-0.39, 0.29) is 36.3 Å². The minimum atomic E-state index is -0.239. The maximum absolute atomic E-state index is 12.9. The predicted octanol–water partition coefficient (Wildman–Crippen LogP) is 3.46. The molecule has 3 amide bonds. The Labute approximate surface area is 185 Å². The van der Waals surface area contributed by atoms with E-state index < -0.39 is 0 Å². The van der Waals surface area contributed by atoms with E-state index in [0.29, 0.717) is 32.1 Å². The van der Waals surface area contributed by atoms with Gasteiger partial charge in [0, 0.05) is 26.2 Å². The van der Waals surface area contributed by atoms with Gasteiger partial charge in [-0.2, -0.15) is 0 Å². The highest BCUT2D eigenvalue weighted by Gasteiger charge is 2.29. The fourth-order valence-corrected chi connectivity index (χ4v) is 3.77. The molecule has 0 saturated carbocycles. The number of carbonyl (C=O) groups excluding carboxylic acids is 2. The Hall–Kier alpha value is -2.31. The number of likely N-dealkylation sites (tertiary alicyclic amines) is 1. The van der Waals surface area contributed by atoms with Crippen LogP contribution in [0.2, 0.25) is 0 Å². The van der Waals surface area contributed by atoms with Gasteiger partial charge < -0.3 is 21.3 Å². The first kappa shape index (κ1) is 24.0. The van der Waals surface area contributed by atoms with Crippen LogP contribution in [0, 0.1) is 11.8 Å². The van der Waals surface area contributed by atoms with Crippen LogP contribution in [-0.2, 0) is 4.79 Å². The van der Waals surface area contributed by atoms with Crippen molar-refractivity contribution in [2.75, 3.05) is 26.2 Å². The third-order valence-corrected chi connectivity index (χ3v) is 5.47. The van der Waals surface area contributed by atoms with Crippen LogP contribution >= 0.6 is 12.4 Å². The number of carbonyl (C=O) groups is 2. The van der Waals surface area contributed by atoms with Gasteiger partial charge in [0.1, 0.15) is 0 Å². The zero-order chi connectivity index (χ0) is 20.8. The SMILES string of the molecule is CC(C)CNC(=O)N1CCCC(C(=O)NC(CN)c2ccc3ccccc3c2)C1.Cl. The van der Waals surface area contributed by atoms with Crippen molar-refractivity contribution in [3.8, 4) is 0 Å². The van der Waals surface area contributed by atoms with Gasteiger partial charge in [-0.15, -0.1) is 12.4 Å². The lowest BCUT2D eigenvalue weighted by Crippen LogP contribution is -2.50. The number of halogens is 1. The van der Waals surface area contributed by atoms with Crippen LogP contribution in [0.4, 0.5) is 4.79 Å². The van der Waals surface area contributed by atoms with Crippen LogP contribution < -0.4 is 16.4 Å². The first-order valence-electron chi connectivity index (χ1n) is 10.5. The second kappa shape index (κ2) is 11.2. The molecule has 4 N–H and O–H groups in total. The van der Waals surface area contributed by atoms with Crippen LogP contribution in [0.3, 0.4) is 0 Å². The van der Waals surface area contributed by atoms with E-state index in [2.05, 4.69) is 48.7 Å². The summed E-state index contributed by atoms with van der Waals surface area (Å²) in [7, 11) is 0. The molecule has 2 aromatic rings. The molecule has 1 fully saturated rings. The molecule has 30 heavy (non-hydrogen) atoms. The van der Waals surface area contributed by atoms with E-state index in [0.717, 1.165) is 29.2 Å². The van der Waals surface area contributed by atoms with Gasteiger partial charge in [0.25, 0.3) is 0 Å². The number of piperidine rings is 1. The topological polar surface area (TPSA) is 87.5 Å². The maximum atomic E-state index is 12.9. The normalized spacial score (nSPS) is 17.3. The molecule has 6 nitrogen and oxygen atoms in total. The molecule has 1 heterocycles. The summed E-state index contributed by atoms with van der Waals surface area (Å²) in [6.45, 7) is 6.24. The van der Waals surface area contributed by atoms with Crippen LogP contribution in [0.15, 0.2) is 42.5 Å². The summed E-state index contributed by atoms with van der Waals surface area (Å²) in [6, 6.07) is 14.0. The number of nitrogens with one attached hydrogen (secondary N) is 2. The van der Waals surface area contributed by atoms with Crippen molar-refractivity contribution in [2.24, 2.45) is 17.6 Å². The van der Waals surface area contributed by atoms with Crippen LogP contribution in [0.1, 0.15) is 38.3 Å². The van der Waals surface area contributed by atoms with Crippen LogP contribution in [-0.4, -0.2) is 43.0 Å². The summed E-state index contributed by atoms with van der Waals surface area (Å²) in [5, 5.41) is 8.34. The van der Waals surface area contributed by atoms with Crippen molar-refractivity contribution in [2.45, 2.75) is 32.7 Å². The molecule has 2 atom stereocenters. The minimum absolute atomic E-state index is 0. The summed E-state index contributed by atoms with van der Waals surface area (Å²) >= 11 is 0. The smallest absolute Gasteiger partial charge is 0.317 e. The molecule has 0 aliphatic carbocycles. The van der Waals surface area contributed by atoms with Crippen LogP contribution in [0.25, 0.3) is 10.8 Å². The second-order valence-corrected chi connectivity index (χ2v) is 8.27. The van der Waals surface area contributed by atoms with Crippen molar-refractivity contribution < 1.29 is 9.59 Å². The Morgan fingerprint density at radius 1 is 1.17 bits per heavy atom. The fraction of sp³-hybridized carbons (Fsp3) is 0.478. The van der Waals surface area contributed by atoms with E-state index in [1.54, 1.807) is 4.90 Å². The summed E-state index contributed by atoms with van der Waals surface area (Å²) in [4.78, 5) is 27.0. The summed E-state index contributed by atoms with van der Waals surface area (Å²) in [5.41, 5.74) is 6.98. The van der Waals surface area contributed by atoms with Gasteiger partial charge in [0.2, 0.25) is 5.91 Å². The number of benzene rings is 2. The molecule has 0 radical (unpaired) electrons. The standard InChI is InChI=1S/C23H32N4O2.ClH/c1-16(2)14-25-23(29)27-11-5-8-20(15-27)22(28)26-21(13-24)19-10-9-17-6-3-4-7-18(17)12-19;/h3-4,6-7,9-10,12,16,20-21H,5,8,11,13-15,24H2,1-2H3,(H,25,29)(H,26,28);1H. The molecule has 3 rings (SSSR count). The molecular weight excluding hydrogens is 400 g/mol. The number of hydrogen-bond donors (Lipinski definition) is 3. The highest BCUT2D eigenvalue weighted by Crippen LogP contribution is 2.22. The van der Waals surface area contributed by atoms with Gasteiger partial charge in [-0.3, -0.25) is 4.79 Å². The molecule has 1 aliphatic rings. The Morgan fingerprint density at radius 2 is 1.90 bits per heavy atom. The Morgan fingerprint density at radius 3 is 2.60 bits per heavy atom.